The summed E-state index contributed by atoms with van der Waals surface area (Å²) in [5, 5.41) is 15.2. The number of aryl methyl sites for hydroxylation is 2. The third kappa shape index (κ3) is 7.04. The Morgan fingerprint density at radius 1 is 0.884 bits per heavy atom. The lowest BCUT2D eigenvalue weighted by Gasteiger charge is -2.31. The Morgan fingerprint density at radius 2 is 1.63 bits per heavy atom. The normalized spacial score (nSPS) is 13.0. The number of anilines is 3. The van der Waals surface area contributed by atoms with E-state index in [1.54, 1.807) is 12.1 Å². The van der Waals surface area contributed by atoms with Gasteiger partial charge in [0.15, 0.2) is 0 Å². The van der Waals surface area contributed by atoms with E-state index in [0.29, 0.717) is 23.7 Å². The number of carbonyl (C=O) groups excluding carboxylic acids is 2. The molecule has 220 valence electrons. The molecule has 43 heavy (non-hydrogen) atoms. The lowest BCUT2D eigenvalue weighted by atomic mass is 9.86. The van der Waals surface area contributed by atoms with Crippen molar-refractivity contribution in [2.24, 2.45) is 0 Å². The predicted octanol–water partition coefficient (Wildman–Crippen LogP) is 6.78. The van der Waals surface area contributed by atoms with Gasteiger partial charge in [0.1, 0.15) is 5.75 Å². The van der Waals surface area contributed by atoms with Crippen molar-refractivity contribution in [1.29, 1.82) is 0 Å². The molecule has 0 saturated carbocycles. The summed E-state index contributed by atoms with van der Waals surface area (Å²) in [5.74, 6) is -0.710. The second-order valence-corrected chi connectivity index (χ2v) is 10.7. The zero-order valence-corrected chi connectivity index (χ0v) is 24.3. The number of nitrogens with one attached hydrogen (secondary N) is 2. The lowest BCUT2D eigenvalue weighted by molar-refractivity contribution is -0.137. The number of carboxylic acid groups (broad SMARTS) is 1. The Hall–Kier alpha value is -5.11. The van der Waals surface area contributed by atoms with E-state index in [0.717, 1.165) is 46.3 Å². The van der Waals surface area contributed by atoms with Crippen molar-refractivity contribution < 1.29 is 24.2 Å². The molecule has 4 aromatic carbocycles. The molecule has 3 amide bonds. The number of hydrogen-bond acceptors (Lipinski definition) is 4. The highest BCUT2D eigenvalue weighted by molar-refractivity contribution is 6.01. The molecule has 0 aromatic heterocycles. The quantitative estimate of drug-likeness (QED) is 0.203. The number of amides is 3. The SMILES string of the molecule is COc1cc(CC(=O)N2CCCc3cc(C(CC(=O)O)c4ccccc4)ccc32)ccc1NC(=O)Nc1ccccc1C. The van der Waals surface area contributed by atoms with Gasteiger partial charge in [-0.25, -0.2) is 4.79 Å². The fraction of sp³-hybridized carbons (Fsp3) is 0.229. The molecule has 0 aliphatic carbocycles. The molecule has 4 aromatic rings. The van der Waals surface area contributed by atoms with Crippen molar-refractivity contribution >= 4 is 35.0 Å². The van der Waals surface area contributed by atoms with Crippen molar-refractivity contribution in [3.05, 3.63) is 119 Å². The number of methoxy groups -OCH3 is 1. The molecule has 0 spiro atoms. The first kappa shape index (κ1) is 29.4. The second kappa shape index (κ2) is 13.2. The minimum Gasteiger partial charge on any atom is -0.495 e. The molecule has 1 heterocycles. The molecule has 1 aliphatic heterocycles. The summed E-state index contributed by atoms with van der Waals surface area (Å²) in [6, 6.07) is 28.0. The van der Waals surface area contributed by atoms with E-state index in [4.69, 9.17) is 4.74 Å². The van der Waals surface area contributed by atoms with Crippen LogP contribution < -0.4 is 20.3 Å². The number of carboxylic acids is 1. The molecular weight excluding hydrogens is 542 g/mol. The van der Waals surface area contributed by atoms with Crippen LogP contribution in [0.4, 0.5) is 21.9 Å². The summed E-state index contributed by atoms with van der Waals surface area (Å²) >= 11 is 0. The monoisotopic (exact) mass is 577 g/mol. The van der Waals surface area contributed by atoms with Crippen molar-refractivity contribution in [1.82, 2.24) is 0 Å². The maximum atomic E-state index is 13.5. The first-order valence-corrected chi connectivity index (χ1v) is 14.3. The van der Waals surface area contributed by atoms with Gasteiger partial charge in [-0.05, 0) is 71.8 Å². The smallest absolute Gasteiger partial charge is 0.323 e. The van der Waals surface area contributed by atoms with Crippen LogP contribution in [0, 0.1) is 6.92 Å². The first-order chi connectivity index (χ1) is 20.8. The van der Waals surface area contributed by atoms with Crippen molar-refractivity contribution in [3.8, 4) is 5.75 Å². The molecule has 8 nitrogen and oxygen atoms in total. The van der Waals surface area contributed by atoms with Gasteiger partial charge in [-0.15, -0.1) is 0 Å². The van der Waals surface area contributed by atoms with Gasteiger partial charge in [0, 0.05) is 23.8 Å². The number of fused-ring (bicyclic) bond motifs is 1. The van der Waals surface area contributed by atoms with Crippen LogP contribution in [0.3, 0.4) is 0 Å². The minimum atomic E-state index is -0.855. The van der Waals surface area contributed by atoms with Gasteiger partial charge < -0.3 is 25.4 Å². The van der Waals surface area contributed by atoms with Gasteiger partial charge in [-0.3, -0.25) is 9.59 Å². The first-order valence-electron chi connectivity index (χ1n) is 14.3. The zero-order chi connectivity index (χ0) is 30.3. The number of nitrogens with zero attached hydrogens (tertiary/aromatic N) is 1. The topological polar surface area (TPSA) is 108 Å². The van der Waals surface area contributed by atoms with Crippen molar-refractivity contribution in [2.45, 2.75) is 38.5 Å². The van der Waals surface area contributed by atoms with Crippen LogP contribution in [-0.4, -0.2) is 36.7 Å². The Morgan fingerprint density at radius 3 is 2.37 bits per heavy atom. The van der Waals surface area contributed by atoms with Crippen LogP contribution in [-0.2, 0) is 22.4 Å². The van der Waals surface area contributed by atoms with Gasteiger partial charge in [0.05, 0.1) is 25.6 Å². The molecule has 5 rings (SSSR count). The molecular formula is C35H35N3O5. The maximum Gasteiger partial charge on any atom is 0.323 e. The zero-order valence-electron chi connectivity index (χ0n) is 24.3. The van der Waals surface area contributed by atoms with E-state index in [-0.39, 0.29) is 24.7 Å². The van der Waals surface area contributed by atoms with E-state index < -0.39 is 12.0 Å². The Bertz CT molecular complexity index is 1640. The Kier molecular flexibility index (Phi) is 9.05. The van der Waals surface area contributed by atoms with Crippen LogP contribution in [0.2, 0.25) is 0 Å². The van der Waals surface area contributed by atoms with Crippen LogP contribution in [0.5, 0.6) is 5.75 Å². The third-order valence-corrected chi connectivity index (χ3v) is 7.77. The molecule has 0 fully saturated rings. The van der Waals surface area contributed by atoms with Gasteiger partial charge in [-0.2, -0.15) is 0 Å². The number of benzene rings is 4. The van der Waals surface area contributed by atoms with E-state index in [2.05, 4.69) is 16.7 Å². The molecule has 8 heteroatoms. The van der Waals surface area contributed by atoms with E-state index in [1.165, 1.54) is 7.11 Å². The minimum absolute atomic E-state index is 0.00825. The average molecular weight is 578 g/mol. The standard InChI is InChI=1S/C35H35N3O5/c1-23-9-6-7-13-29(23)36-35(42)37-30-16-14-24(19-32(30)43-2)20-33(39)38-18-8-12-27-21-26(15-17-31(27)38)28(22-34(40)41)25-10-4-3-5-11-25/h3-7,9-11,13-17,19,21,28H,8,12,18,20,22H2,1-2H3,(H,40,41)(H2,36,37,42). The largest absolute Gasteiger partial charge is 0.495 e. The highest BCUT2D eigenvalue weighted by Crippen LogP contribution is 2.35. The van der Waals surface area contributed by atoms with Gasteiger partial charge >= 0.3 is 12.0 Å². The van der Waals surface area contributed by atoms with Crippen molar-refractivity contribution in [3.63, 3.8) is 0 Å². The van der Waals surface area contributed by atoms with Crippen LogP contribution in [0.15, 0.2) is 91.0 Å². The van der Waals surface area contributed by atoms with Crippen LogP contribution in [0.25, 0.3) is 0 Å². The highest BCUT2D eigenvalue weighted by atomic mass is 16.5. The van der Waals surface area contributed by atoms with E-state index in [9.17, 15) is 19.5 Å². The summed E-state index contributed by atoms with van der Waals surface area (Å²) in [6.45, 7) is 2.53. The molecule has 1 atom stereocenters. The fourth-order valence-electron chi connectivity index (χ4n) is 5.59. The predicted molar refractivity (Wildman–Crippen MR) is 168 cm³/mol. The summed E-state index contributed by atoms with van der Waals surface area (Å²) < 4.78 is 5.53. The van der Waals surface area contributed by atoms with Gasteiger partial charge in [0.25, 0.3) is 0 Å². The molecule has 0 radical (unpaired) electrons. The molecule has 1 aliphatic rings. The average Bonchev–Trinajstić information content (AvgIpc) is 3.01. The molecule has 0 bridgehead atoms. The number of ether oxygens (including phenoxy) is 1. The van der Waals surface area contributed by atoms with Gasteiger partial charge in [-0.1, -0.05) is 66.7 Å². The molecule has 3 N–H and O–H groups in total. The molecule has 0 saturated heterocycles. The lowest BCUT2D eigenvalue weighted by Crippen LogP contribution is -2.36. The van der Waals surface area contributed by atoms with E-state index >= 15 is 0 Å². The number of carbonyl (C=O) groups is 3. The van der Waals surface area contributed by atoms with Crippen molar-refractivity contribution in [2.75, 3.05) is 29.2 Å². The van der Waals surface area contributed by atoms with Gasteiger partial charge in [0.2, 0.25) is 5.91 Å². The summed E-state index contributed by atoms with van der Waals surface area (Å²) in [7, 11) is 1.52. The van der Waals surface area contributed by atoms with Crippen LogP contribution in [0.1, 0.15) is 46.6 Å². The maximum absolute atomic E-state index is 13.5. The second-order valence-electron chi connectivity index (χ2n) is 10.7. The highest BCUT2D eigenvalue weighted by Gasteiger charge is 2.25. The molecule has 1 unspecified atom stereocenters. The number of urea groups is 1. The Balaban J connectivity index is 1.30. The Labute approximate surface area is 251 Å². The summed E-state index contributed by atoms with van der Waals surface area (Å²) in [4.78, 5) is 39.7. The number of rotatable bonds is 9. The number of aliphatic carboxylic acids is 1. The number of para-hydroxylation sites is 1. The van der Waals surface area contributed by atoms with E-state index in [1.807, 2.05) is 84.6 Å². The number of hydrogen-bond donors (Lipinski definition) is 3. The fourth-order valence-corrected chi connectivity index (χ4v) is 5.59. The summed E-state index contributed by atoms with van der Waals surface area (Å²) in [5.41, 5.74) is 6.71. The summed E-state index contributed by atoms with van der Waals surface area (Å²) in [6.07, 6.45) is 1.80. The third-order valence-electron chi connectivity index (χ3n) is 7.77. The van der Waals surface area contributed by atoms with Crippen LogP contribution >= 0.6 is 0 Å².